The molecule has 3 rings (SSSR count). The Morgan fingerprint density at radius 1 is 1.33 bits per heavy atom. The van der Waals surface area contributed by atoms with E-state index in [1.807, 2.05) is 23.1 Å². The Balaban J connectivity index is 1.86. The van der Waals surface area contributed by atoms with Crippen LogP contribution in [0, 0.1) is 0 Å². The molecular weight excluding hydrogens is 266 g/mol. The van der Waals surface area contributed by atoms with Crippen LogP contribution < -0.4 is 5.56 Å². The molecule has 0 N–H and O–H groups in total. The normalized spacial score (nSPS) is 18.9. The van der Waals surface area contributed by atoms with Gasteiger partial charge in [-0.1, -0.05) is 18.2 Å². The van der Waals surface area contributed by atoms with Gasteiger partial charge in [-0.05, 0) is 32.3 Å². The van der Waals surface area contributed by atoms with Gasteiger partial charge in [0.15, 0.2) is 0 Å². The molecule has 2 aromatic rings. The summed E-state index contributed by atoms with van der Waals surface area (Å²) < 4.78 is 1.27. The van der Waals surface area contributed by atoms with Crippen LogP contribution in [0.15, 0.2) is 35.3 Å². The highest BCUT2D eigenvalue weighted by atomic mass is 16.2. The van der Waals surface area contributed by atoms with Crippen molar-refractivity contribution in [2.45, 2.75) is 38.8 Å². The van der Waals surface area contributed by atoms with E-state index in [1.165, 1.54) is 11.1 Å². The lowest BCUT2D eigenvalue weighted by molar-refractivity contribution is -0.135. The molecule has 1 amide bonds. The van der Waals surface area contributed by atoms with E-state index in [4.69, 9.17) is 0 Å². The lowest BCUT2D eigenvalue weighted by Crippen LogP contribution is -2.45. The highest BCUT2D eigenvalue weighted by Gasteiger charge is 2.23. The minimum Gasteiger partial charge on any atom is -0.338 e. The van der Waals surface area contributed by atoms with Crippen LogP contribution in [0.5, 0.6) is 0 Å². The number of carbonyl (C=O) groups excluding carboxylic acids is 1. The minimum absolute atomic E-state index is 0.0212. The van der Waals surface area contributed by atoms with Crippen molar-refractivity contribution in [2.75, 3.05) is 6.54 Å². The first-order valence-corrected chi connectivity index (χ1v) is 7.41. The zero-order chi connectivity index (χ0) is 14.8. The second-order valence-electron chi connectivity index (χ2n) is 5.63. The molecule has 1 aliphatic rings. The van der Waals surface area contributed by atoms with E-state index in [-0.39, 0.29) is 24.1 Å². The monoisotopic (exact) mass is 285 g/mol. The summed E-state index contributed by atoms with van der Waals surface area (Å²) in [6.45, 7) is 2.87. The van der Waals surface area contributed by atoms with Gasteiger partial charge in [0.1, 0.15) is 6.54 Å². The number of benzene rings is 1. The molecule has 0 unspecified atom stereocenters. The minimum atomic E-state index is -0.203. The van der Waals surface area contributed by atoms with E-state index in [2.05, 4.69) is 12.0 Å². The van der Waals surface area contributed by atoms with Gasteiger partial charge < -0.3 is 4.90 Å². The molecule has 5 heteroatoms. The van der Waals surface area contributed by atoms with E-state index >= 15 is 0 Å². The summed E-state index contributed by atoms with van der Waals surface area (Å²) in [5, 5.41) is 5.53. The Labute approximate surface area is 123 Å². The third-order valence-electron chi connectivity index (χ3n) is 4.17. The smallest absolute Gasteiger partial charge is 0.275 e. The number of carbonyl (C=O) groups is 1. The predicted molar refractivity (Wildman–Crippen MR) is 81.0 cm³/mol. The molecule has 0 aliphatic carbocycles. The molecule has 0 bridgehead atoms. The van der Waals surface area contributed by atoms with Gasteiger partial charge in [-0.25, -0.2) is 4.68 Å². The van der Waals surface area contributed by atoms with Gasteiger partial charge in [0.05, 0.1) is 11.6 Å². The molecule has 0 saturated carbocycles. The van der Waals surface area contributed by atoms with Crippen molar-refractivity contribution in [1.29, 1.82) is 0 Å². The van der Waals surface area contributed by atoms with Gasteiger partial charge in [-0.15, -0.1) is 0 Å². The number of aromatic nitrogens is 2. The Morgan fingerprint density at radius 2 is 2.14 bits per heavy atom. The quantitative estimate of drug-likeness (QED) is 0.845. The molecular formula is C16H19N3O2. The lowest BCUT2D eigenvalue weighted by atomic mass is 10.0. The molecule has 110 valence electrons. The van der Waals surface area contributed by atoms with Crippen LogP contribution in [-0.4, -0.2) is 33.2 Å². The summed E-state index contributed by atoms with van der Waals surface area (Å²) >= 11 is 0. The molecule has 5 nitrogen and oxygen atoms in total. The number of hydrogen-bond donors (Lipinski definition) is 0. The third kappa shape index (κ3) is 2.68. The maximum atomic E-state index is 12.4. The number of likely N-dealkylation sites (tertiary alicyclic amines) is 1. The van der Waals surface area contributed by atoms with E-state index in [9.17, 15) is 9.59 Å². The Bertz CT molecular complexity index is 723. The number of piperidine rings is 1. The second kappa shape index (κ2) is 5.68. The van der Waals surface area contributed by atoms with Gasteiger partial charge in [-0.3, -0.25) is 9.59 Å². The molecule has 1 atom stereocenters. The second-order valence-corrected chi connectivity index (χ2v) is 5.63. The Hall–Kier alpha value is -2.17. The van der Waals surface area contributed by atoms with Crippen LogP contribution in [0.4, 0.5) is 0 Å². The van der Waals surface area contributed by atoms with Gasteiger partial charge in [0.2, 0.25) is 5.91 Å². The third-order valence-corrected chi connectivity index (χ3v) is 4.17. The number of rotatable bonds is 2. The summed E-state index contributed by atoms with van der Waals surface area (Å²) in [5.74, 6) is -0.0212. The molecule has 1 aromatic carbocycles. The number of hydrogen-bond acceptors (Lipinski definition) is 3. The van der Waals surface area contributed by atoms with Crippen molar-refractivity contribution >= 4 is 16.7 Å². The average Bonchev–Trinajstić information content (AvgIpc) is 2.51. The maximum absolute atomic E-state index is 12.4. The Morgan fingerprint density at radius 3 is 2.95 bits per heavy atom. The molecule has 1 fully saturated rings. The number of nitrogens with zero attached hydrogens (tertiary/aromatic N) is 3. The SMILES string of the molecule is C[C@@H]1CCCCN1C(=O)Cn1ncc2ccccc2c1=O. The molecule has 0 spiro atoms. The van der Waals surface area contributed by atoms with Crippen molar-refractivity contribution < 1.29 is 4.79 Å². The highest BCUT2D eigenvalue weighted by molar-refractivity contribution is 5.81. The molecule has 2 heterocycles. The van der Waals surface area contributed by atoms with E-state index in [1.54, 1.807) is 12.3 Å². The van der Waals surface area contributed by atoms with Crippen molar-refractivity contribution in [3.05, 3.63) is 40.8 Å². The largest absolute Gasteiger partial charge is 0.338 e. The average molecular weight is 285 g/mol. The molecule has 21 heavy (non-hydrogen) atoms. The van der Waals surface area contributed by atoms with E-state index in [0.717, 1.165) is 24.8 Å². The van der Waals surface area contributed by atoms with Crippen molar-refractivity contribution in [1.82, 2.24) is 14.7 Å². The lowest BCUT2D eigenvalue weighted by Gasteiger charge is -2.33. The summed E-state index contributed by atoms with van der Waals surface area (Å²) in [4.78, 5) is 26.6. The summed E-state index contributed by atoms with van der Waals surface area (Å²) in [6.07, 6.45) is 4.88. The van der Waals surface area contributed by atoms with Gasteiger partial charge in [0, 0.05) is 18.0 Å². The first-order chi connectivity index (χ1) is 10.2. The van der Waals surface area contributed by atoms with Crippen LogP contribution in [0.3, 0.4) is 0 Å². The predicted octanol–water partition coefficient (Wildman–Crippen LogP) is 1.80. The fraction of sp³-hybridized carbons (Fsp3) is 0.438. The van der Waals surface area contributed by atoms with Gasteiger partial charge in [0.25, 0.3) is 5.56 Å². The fourth-order valence-electron chi connectivity index (χ4n) is 2.93. The van der Waals surface area contributed by atoms with Crippen LogP contribution in [0.25, 0.3) is 10.8 Å². The van der Waals surface area contributed by atoms with Crippen LogP contribution >= 0.6 is 0 Å². The first-order valence-electron chi connectivity index (χ1n) is 7.41. The number of fused-ring (bicyclic) bond motifs is 1. The van der Waals surface area contributed by atoms with Crippen LogP contribution in [-0.2, 0) is 11.3 Å². The molecule has 1 aliphatic heterocycles. The van der Waals surface area contributed by atoms with Gasteiger partial charge >= 0.3 is 0 Å². The van der Waals surface area contributed by atoms with Crippen LogP contribution in [0.2, 0.25) is 0 Å². The zero-order valence-electron chi connectivity index (χ0n) is 12.2. The standard InChI is InChI=1S/C16H19N3O2/c1-12-6-4-5-9-18(12)15(20)11-19-16(21)14-8-3-2-7-13(14)10-17-19/h2-3,7-8,10,12H,4-6,9,11H2,1H3/t12-/m1/s1. The van der Waals surface area contributed by atoms with Crippen molar-refractivity contribution in [2.24, 2.45) is 0 Å². The van der Waals surface area contributed by atoms with E-state index in [0.29, 0.717) is 5.39 Å². The number of amides is 1. The van der Waals surface area contributed by atoms with Gasteiger partial charge in [-0.2, -0.15) is 5.10 Å². The summed E-state index contributed by atoms with van der Waals surface area (Å²) in [5.41, 5.74) is -0.203. The topological polar surface area (TPSA) is 55.2 Å². The summed E-state index contributed by atoms with van der Waals surface area (Å²) in [7, 11) is 0. The maximum Gasteiger partial charge on any atom is 0.275 e. The first kappa shape index (κ1) is 13.8. The highest BCUT2D eigenvalue weighted by Crippen LogP contribution is 2.16. The molecule has 0 radical (unpaired) electrons. The summed E-state index contributed by atoms with van der Waals surface area (Å²) in [6, 6.07) is 7.56. The van der Waals surface area contributed by atoms with Crippen molar-refractivity contribution in [3.8, 4) is 0 Å². The fourth-order valence-corrected chi connectivity index (χ4v) is 2.93. The Kier molecular flexibility index (Phi) is 3.73. The van der Waals surface area contributed by atoms with E-state index < -0.39 is 0 Å². The van der Waals surface area contributed by atoms with Crippen LogP contribution in [0.1, 0.15) is 26.2 Å². The zero-order valence-corrected chi connectivity index (χ0v) is 12.2. The molecule has 1 aromatic heterocycles. The van der Waals surface area contributed by atoms with Crippen molar-refractivity contribution in [3.63, 3.8) is 0 Å². The molecule has 1 saturated heterocycles.